The number of ether oxygens (including phenoxy) is 1. The highest BCUT2D eigenvalue weighted by Gasteiger charge is 2.62. The topological polar surface area (TPSA) is 21.3 Å². The fourth-order valence-corrected chi connectivity index (χ4v) is 3.59. The number of benzene rings is 1. The van der Waals surface area contributed by atoms with Gasteiger partial charge in [-0.2, -0.15) is 0 Å². The van der Waals surface area contributed by atoms with Crippen LogP contribution >= 0.6 is 0 Å². The van der Waals surface area contributed by atoms with Gasteiger partial charge in [0.25, 0.3) is 0 Å². The van der Waals surface area contributed by atoms with Gasteiger partial charge >= 0.3 is 0 Å². The van der Waals surface area contributed by atoms with Gasteiger partial charge in [0.1, 0.15) is 0 Å². The first-order chi connectivity index (χ1) is 9.13. The molecule has 3 rings (SSSR count). The van der Waals surface area contributed by atoms with Gasteiger partial charge in [0.05, 0.1) is 13.2 Å². The van der Waals surface area contributed by atoms with Crippen LogP contribution in [-0.4, -0.2) is 26.8 Å². The lowest BCUT2D eigenvalue weighted by molar-refractivity contribution is -0.0986. The first-order valence-electron chi connectivity index (χ1n) is 7.46. The van der Waals surface area contributed by atoms with Crippen molar-refractivity contribution in [1.82, 2.24) is 5.32 Å². The SMILES string of the molecule is CNCC1(C2(c3ccc(C(C)C)cc3)COC2)CC1. The molecule has 0 radical (unpaired) electrons. The van der Waals surface area contributed by atoms with E-state index >= 15 is 0 Å². The van der Waals surface area contributed by atoms with Crippen LogP contribution in [0.4, 0.5) is 0 Å². The number of rotatable bonds is 5. The summed E-state index contributed by atoms with van der Waals surface area (Å²) in [7, 11) is 2.06. The molecule has 0 spiro atoms. The number of hydrogen-bond acceptors (Lipinski definition) is 2. The molecule has 2 fully saturated rings. The van der Waals surface area contributed by atoms with Gasteiger partial charge in [-0.1, -0.05) is 38.1 Å². The average molecular weight is 259 g/mol. The summed E-state index contributed by atoms with van der Waals surface area (Å²) in [5.41, 5.74) is 3.62. The molecule has 1 saturated carbocycles. The molecule has 1 N–H and O–H groups in total. The zero-order valence-electron chi connectivity index (χ0n) is 12.3. The maximum atomic E-state index is 5.62. The lowest BCUT2D eigenvalue weighted by Gasteiger charge is -2.48. The molecular weight excluding hydrogens is 234 g/mol. The summed E-state index contributed by atoms with van der Waals surface area (Å²) in [6, 6.07) is 9.28. The fraction of sp³-hybridized carbons (Fsp3) is 0.647. The maximum Gasteiger partial charge on any atom is 0.0591 e. The first-order valence-corrected chi connectivity index (χ1v) is 7.46. The second kappa shape index (κ2) is 4.60. The van der Waals surface area contributed by atoms with Crippen molar-refractivity contribution in [3.8, 4) is 0 Å². The molecule has 0 unspecified atom stereocenters. The quantitative estimate of drug-likeness (QED) is 0.877. The summed E-state index contributed by atoms with van der Waals surface area (Å²) in [6.07, 6.45) is 2.67. The highest BCUT2D eigenvalue weighted by molar-refractivity contribution is 5.37. The molecule has 1 saturated heterocycles. The van der Waals surface area contributed by atoms with Crippen LogP contribution in [-0.2, 0) is 10.2 Å². The van der Waals surface area contributed by atoms with Crippen molar-refractivity contribution in [3.63, 3.8) is 0 Å². The van der Waals surface area contributed by atoms with E-state index < -0.39 is 0 Å². The maximum absolute atomic E-state index is 5.62. The van der Waals surface area contributed by atoms with Gasteiger partial charge in [0, 0.05) is 12.0 Å². The minimum absolute atomic E-state index is 0.269. The lowest BCUT2D eigenvalue weighted by Crippen LogP contribution is -2.56. The molecule has 2 aliphatic rings. The molecule has 0 bridgehead atoms. The summed E-state index contributed by atoms with van der Waals surface area (Å²) in [6.45, 7) is 7.41. The predicted molar refractivity (Wildman–Crippen MR) is 78.6 cm³/mol. The van der Waals surface area contributed by atoms with E-state index in [4.69, 9.17) is 4.74 Å². The third-order valence-corrected chi connectivity index (χ3v) is 5.21. The van der Waals surface area contributed by atoms with Crippen molar-refractivity contribution in [2.45, 2.75) is 38.0 Å². The normalized spacial score (nSPS) is 23.2. The Labute approximate surface area is 116 Å². The summed E-state index contributed by atoms with van der Waals surface area (Å²) < 4.78 is 5.62. The Morgan fingerprint density at radius 3 is 2.16 bits per heavy atom. The zero-order valence-corrected chi connectivity index (χ0v) is 12.3. The van der Waals surface area contributed by atoms with E-state index in [2.05, 4.69) is 50.5 Å². The Hall–Kier alpha value is -0.860. The molecule has 1 aromatic carbocycles. The van der Waals surface area contributed by atoms with E-state index in [-0.39, 0.29) is 5.41 Å². The monoisotopic (exact) mass is 259 g/mol. The van der Waals surface area contributed by atoms with Gasteiger partial charge < -0.3 is 10.1 Å². The second-order valence-electron chi connectivity index (χ2n) is 6.66. The van der Waals surface area contributed by atoms with Gasteiger partial charge in [-0.25, -0.2) is 0 Å². The van der Waals surface area contributed by atoms with Crippen LogP contribution in [0.5, 0.6) is 0 Å². The lowest BCUT2D eigenvalue weighted by atomic mass is 9.66. The van der Waals surface area contributed by atoms with Crippen LogP contribution in [0.3, 0.4) is 0 Å². The van der Waals surface area contributed by atoms with Crippen molar-refractivity contribution in [2.24, 2.45) is 5.41 Å². The number of hydrogen-bond donors (Lipinski definition) is 1. The van der Waals surface area contributed by atoms with Crippen molar-refractivity contribution in [1.29, 1.82) is 0 Å². The highest BCUT2D eigenvalue weighted by Crippen LogP contribution is 2.62. The van der Waals surface area contributed by atoms with Crippen LogP contribution in [0.2, 0.25) is 0 Å². The summed E-state index contributed by atoms with van der Waals surface area (Å²) in [5, 5.41) is 3.39. The molecule has 19 heavy (non-hydrogen) atoms. The van der Waals surface area contributed by atoms with E-state index in [0.29, 0.717) is 11.3 Å². The van der Waals surface area contributed by atoms with Crippen LogP contribution < -0.4 is 5.32 Å². The molecule has 1 aliphatic carbocycles. The molecule has 104 valence electrons. The van der Waals surface area contributed by atoms with E-state index in [0.717, 1.165) is 19.8 Å². The smallest absolute Gasteiger partial charge is 0.0591 e. The van der Waals surface area contributed by atoms with Crippen LogP contribution in [0.15, 0.2) is 24.3 Å². The Balaban J connectivity index is 1.90. The third-order valence-electron chi connectivity index (χ3n) is 5.21. The van der Waals surface area contributed by atoms with Gasteiger partial charge in [-0.15, -0.1) is 0 Å². The van der Waals surface area contributed by atoms with Crippen LogP contribution in [0.1, 0.15) is 43.7 Å². The van der Waals surface area contributed by atoms with E-state index in [1.807, 2.05) is 0 Å². The minimum atomic E-state index is 0.269. The van der Waals surface area contributed by atoms with E-state index in [1.54, 1.807) is 0 Å². The van der Waals surface area contributed by atoms with Crippen molar-refractivity contribution in [2.75, 3.05) is 26.8 Å². The largest absolute Gasteiger partial charge is 0.379 e. The molecule has 0 amide bonds. The van der Waals surface area contributed by atoms with Crippen molar-refractivity contribution >= 4 is 0 Å². The molecule has 2 heteroatoms. The van der Waals surface area contributed by atoms with Gasteiger partial charge in [-0.05, 0) is 42.3 Å². The minimum Gasteiger partial charge on any atom is -0.379 e. The summed E-state index contributed by atoms with van der Waals surface area (Å²) >= 11 is 0. The fourth-order valence-electron chi connectivity index (χ4n) is 3.59. The predicted octanol–water partition coefficient (Wildman–Crippen LogP) is 3.08. The summed E-state index contributed by atoms with van der Waals surface area (Å²) in [5.74, 6) is 0.606. The van der Waals surface area contributed by atoms with Crippen LogP contribution in [0.25, 0.3) is 0 Å². The highest BCUT2D eigenvalue weighted by atomic mass is 16.5. The molecule has 2 nitrogen and oxygen atoms in total. The first kappa shape index (κ1) is 13.1. The third kappa shape index (κ3) is 1.93. The molecule has 1 heterocycles. The summed E-state index contributed by atoms with van der Waals surface area (Å²) in [4.78, 5) is 0. The number of nitrogens with one attached hydrogen (secondary N) is 1. The van der Waals surface area contributed by atoms with Crippen LogP contribution in [0, 0.1) is 5.41 Å². The second-order valence-corrected chi connectivity index (χ2v) is 6.66. The van der Waals surface area contributed by atoms with Gasteiger partial charge in [0.15, 0.2) is 0 Å². The Morgan fingerprint density at radius 1 is 1.16 bits per heavy atom. The molecule has 0 atom stereocenters. The Kier molecular flexibility index (Phi) is 3.18. The van der Waals surface area contributed by atoms with Gasteiger partial charge in [-0.3, -0.25) is 0 Å². The average Bonchev–Trinajstić information content (AvgIpc) is 3.10. The van der Waals surface area contributed by atoms with Crippen molar-refractivity contribution < 1.29 is 4.74 Å². The molecule has 1 aromatic rings. The van der Waals surface area contributed by atoms with Crippen molar-refractivity contribution in [3.05, 3.63) is 35.4 Å². The Bertz CT molecular complexity index is 441. The van der Waals surface area contributed by atoms with Gasteiger partial charge in [0.2, 0.25) is 0 Å². The Morgan fingerprint density at radius 2 is 1.79 bits per heavy atom. The van der Waals surface area contributed by atoms with E-state index in [1.165, 1.54) is 24.0 Å². The standard InChI is InChI=1S/C17H25NO/c1-13(2)14-4-6-15(7-5-14)17(11-19-12-17)16(8-9-16)10-18-3/h4-7,13,18H,8-12H2,1-3H3. The van der Waals surface area contributed by atoms with E-state index in [9.17, 15) is 0 Å². The molecular formula is C17H25NO. The molecule has 1 aliphatic heterocycles. The molecule has 0 aromatic heterocycles. The zero-order chi connectivity index (χ0) is 13.5.